The summed E-state index contributed by atoms with van der Waals surface area (Å²) in [5.74, 6) is -0.439. The highest BCUT2D eigenvalue weighted by molar-refractivity contribution is 7.91. The highest BCUT2D eigenvalue weighted by atomic mass is 32.2. The molecule has 1 aromatic carbocycles. The average molecular weight is 256 g/mol. The van der Waals surface area contributed by atoms with E-state index in [1.54, 1.807) is 19.1 Å². The second-order valence-electron chi connectivity index (χ2n) is 3.43. The number of fused-ring (bicyclic) bond motifs is 1. The SMILES string of the molecule is CCOCS(=O)(=O)c1nc2ccc(N)cc2o1. The molecule has 0 fully saturated rings. The second-order valence-corrected chi connectivity index (χ2v) is 5.25. The Hall–Kier alpha value is -1.60. The van der Waals surface area contributed by atoms with Gasteiger partial charge in [0.25, 0.3) is 9.84 Å². The number of benzene rings is 1. The first kappa shape index (κ1) is 11.9. The van der Waals surface area contributed by atoms with Crippen molar-refractivity contribution in [2.45, 2.75) is 12.1 Å². The Morgan fingerprint density at radius 1 is 1.47 bits per heavy atom. The molecular weight excluding hydrogens is 244 g/mol. The summed E-state index contributed by atoms with van der Waals surface area (Å²) in [5.41, 5.74) is 6.85. The van der Waals surface area contributed by atoms with Crippen molar-refractivity contribution in [2.24, 2.45) is 0 Å². The van der Waals surface area contributed by atoms with Gasteiger partial charge in [-0.15, -0.1) is 0 Å². The summed E-state index contributed by atoms with van der Waals surface area (Å²) in [5, 5.41) is -0.341. The molecule has 0 spiro atoms. The zero-order valence-corrected chi connectivity index (χ0v) is 10.0. The summed E-state index contributed by atoms with van der Waals surface area (Å²) in [6.45, 7) is 2.02. The van der Waals surface area contributed by atoms with Gasteiger partial charge in [-0.3, -0.25) is 0 Å². The topological polar surface area (TPSA) is 95.4 Å². The zero-order chi connectivity index (χ0) is 12.5. The fourth-order valence-electron chi connectivity index (χ4n) is 1.30. The molecule has 0 amide bonds. The van der Waals surface area contributed by atoms with E-state index in [0.29, 0.717) is 23.4 Å². The number of sulfone groups is 1. The van der Waals surface area contributed by atoms with E-state index < -0.39 is 15.8 Å². The fraction of sp³-hybridized carbons (Fsp3) is 0.300. The fourth-order valence-corrected chi connectivity index (χ4v) is 2.24. The van der Waals surface area contributed by atoms with Gasteiger partial charge in [0.05, 0.1) is 0 Å². The van der Waals surface area contributed by atoms with E-state index in [1.807, 2.05) is 0 Å². The predicted molar refractivity (Wildman–Crippen MR) is 62.1 cm³/mol. The summed E-state index contributed by atoms with van der Waals surface area (Å²) in [4.78, 5) is 3.89. The maximum atomic E-state index is 11.7. The third-order valence-electron chi connectivity index (χ3n) is 2.10. The van der Waals surface area contributed by atoms with Gasteiger partial charge >= 0.3 is 5.22 Å². The van der Waals surface area contributed by atoms with Gasteiger partial charge in [-0.2, -0.15) is 4.98 Å². The van der Waals surface area contributed by atoms with E-state index in [4.69, 9.17) is 14.9 Å². The molecule has 2 N–H and O–H groups in total. The number of nitrogens with two attached hydrogens (primary N) is 1. The molecule has 0 unspecified atom stereocenters. The quantitative estimate of drug-likeness (QED) is 0.825. The van der Waals surface area contributed by atoms with E-state index in [9.17, 15) is 8.42 Å². The zero-order valence-electron chi connectivity index (χ0n) is 9.21. The molecule has 0 aliphatic carbocycles. The van der Waals surface area contributed by atoms with Crippen molar-refractivity contribution >= 4 is 26.6 Å². The summed E-state index contributed by atoms with van der Waals surface area (Å²) >= 11 is 0. The second kappa shape index (κ2) is 4.34. The molecule has 92 valence electrons. The smallest absolute Gasteiger partial charge is 0.318 e. The molecule has 0 saturated carbocycles. The Kier molecular flexibility index (Phi) is 3.03. The highest BCUT2D eigenvalue weighted by Crippen LogP contribution is 2.21. The average Bonchev–Trinajstić information content (AvgIpc) is 2.70. The molecule has 17 heavy (non-hydrogen) atoms. The van der Waals surface area contributed by atoms with Crippen LogP contribution in [0.5, 0.6) is 0 Å². The van der Waals surface area contributed by atoms with Crippen LogP contribution < -0.4 is 5.73 Å². The molecular formula is C10H12N2O4S. The van der Waals surface area contributed by atoms with Crippen molar-refractivity contribution in [3.63, 3.8) is 0 Å². The van der Waals surface area contributed by atoms with Crippen LogP contribution in [0.2, 0.25) is 0 Å². The van der Waals surface area contributed by atoms with E-state index in [-0.39, 0.29) is 5.22 Å². The van der Waals surface area contributed by atoms with Crippen LogP contribution in [0.4, 0.5) is 5.69 Å². The monoisotopic (exact) mass is 256 g/mol. The first-order valence-electron chi connectivity index (χ1n) is 4.99. The molecule has 6 nitrogen and oxygen atoms in total. The molecule has 7 heteroatoms. The van der Waals surface area contributed by atoms with Crippen LogP contribution in [0.15, 0.2) is 27.8 Å². The number of aromatic nitrogens is 1. The van der Waals surface area contributed by atoms with Gasteiger partial charge in [0.2, 0.25) is 0 Å². The standard InChI is InChI=1S/C10H12N2O4S/c1-2-15-6-17(13,14)10-12-8-4-3-7(11)5-9(8)16-10/h3-5H,2,6,11H2,1H3. The predicted octanol–water partition coefficient (Wildman–Crippen LogP) is 1.18. The lowest BCUT2D eigenvalue weighted by Crippen LogP contribution is -2.10. The summed E-state index contributed by atoms with van der Waals surface area (Å²) in [6, 6.07) is 4.76. The number of oxazole rings is 1. The Morgan fingerprint density at radius 2 is 2.24 bits per heavy atom. The molecule has 2 aromatic rings. The summed E-state index contributed by atoms with van der Waals surface area (Å²) in [6.07, 6.45) is 0. The highest BCUT2D eigenvalue weighted by Gasteiger charge is 2.21. The molecule has 2 rings (SSSR count). The van der Waals surface area contributed by atoms with E-state index in [0.717, 1.165) is 0 Å². The van der Waals surface area contributed by atoms with Gasteiger partial charge in [0, 0.05) is 18.4 Å². The molecule has 0 radical (unpaired) electrons. The maximum Gasteiger partial charge on any atom is 0.318 e. The van der Waals surface area contributed by atoms with Gasteiger partial charge in [-0.25, -0.2) is 8.42 Å². The Labute approximate surface area is 98.3 Å². The van der Waals surface area contributed by atoms with Crippen LogP contribution in [0.1, 0.15) is 6.92 Å². The number of ether oxygens (including phenoxy) is 1. The van der Waals surface area contributed by atoms with Crippen molar-refractivity contribution in [1.82, 2.24) is 4.98 Å². The van der Waals surface area contributed by atoms with Gasteiger partial charge in [0.1, 0.15) is 5.52 Å². The van der Waals surface area contributed by atoms with Gasteiger partial charge in [0.15, 0.2) is 11.5 Å². The Balaban J connectivity index is 2.43. The minimum absolute atomic E-state index is 0.312. The van der Waals surface area contributed by atoms with E-state index >= 15 is 0 Å². The van der Waals surface area contributed by atoms with Crippen LogP contribution in [0.25, 0.3) is 11.1 Å². The van der Waals surface area contributed by atoms with Crippen molar-refractivity contribution in [3.05, 3.63) is 18.2 Å². The van der Waals surface area contributed by atoms with Gasteiger partial charge < -0.3 is 14.9 Å². The molecule has 1 aromatic heterocycles. The van der Waals surface area contributed by atoms with Gasteiger partial charge in [-0.1, -0.05) is 0 Å². The lowest BCUT2D eigenvalue weighted by molar-refractivity contribution is 0.190. The minimum atomic E-state index is -3.64. The third kappa shape index (κ3) is 2.40. The summed E-state index contributed by atoms with van der Waals surface area (Å²) in [7, 11) is -3.64. The Morgan fingerprint density at radius 3 is 2.94 bits per heavy atom. The molecule has 0 saturated heterocycles. The third-order valence-corrected chi connectivity index (χ3v) is 3.29. The van der Waals surface area contributed by atoms with Crippen LogP contribution >= 0.6 is 0 Å². The van der Waals surface area contributed by atoms with Crippen LogP contribution in [-0.2, 0) is 14.6 Å². The van der Waals surface area contributed by atoms with Crippen molar-refractivity contribution < 1.29 is 17.6 Å². The lowest BCUT2D eigenvalue weighted by Gasteiger charge is -1.98. The van der Waals surface area contributed by atoms with Crippen molar-refractivity contribution in [3.8, 4) is 0 Å². The maximum absolute atomic E-state index is 11.7. The largest absolute Gasteiger partial charge is 0.428 e. The number of hydrogen-bond acceptors (Lipinski definition) is 6. The van der Waals surface area contributed by atoms with Crippen LogP contribution in [0.3, 0.4) is 0 Å². The Bertz CT molecular complexity index is 633. The molecule has 0 atom stereocenters. The van der Waals surface area contributed by atoms with Crippen molar-refractivity contribution in [1.29, 1.82) is 0 Å². The van der Waals surface area contributed by atoms with E-state index in [2.05, 4.69) is 4.98 Å². The normalized spacial score (nSPS) is 12.1. The molecule has 0 bridgehead atoms. The van der Waals surface area contributed by atoms with Crippen molar-refractivity contribution in [2.75, 3.05) is 18.3 Å². The first-order chi connectivity index (χ1) is 8.03. The number of hydrogen-bond donors (Lipinski definition) is 1. The van der Waals surface area contributed by atoms with Gasteiger partial charge in [-0.05, 0) is 19.1 Å². The molecule has 0 aliphatic rings. The number of nitrogen functional groups attached to an aromatic ring is 1. The van der Waals surface area contributed by atoms with Crippen LogP contribution in [0, 0.1) is 0 Å². The first-order valence-corrected chi connectivity index (χ1v) is 6.65. The number of rotatable bonds is 4. The van der Waals surface area contributed by atoms with Crippen LogP contribution in [-0.4, -0.2) is 25.9 Å². The molecule has 1 heterocycles. The van der Waals surface area contributed by atoms with E-state index in [1.165, 1.54) is 6.07 Å². The number of anilines is 1. The lowest BCUT2D eigenvalue weighted by atomic mass is 10.3. The minimum Gasteiger partial charge on any atom is -0.428 e. The molecule has 0 aliphatic heterocycles. The number of nitrogens with zero attached hydrogens (tertiary/aromatic N) is 1. The summed E-state index contributed by atoms with van der Waals surface area (Å²) < 4.78 is 33.5.